The Labute approximate surface area is 156 Å². The van der Waals surface area contributed by atoms with Crippen molar-refractivity contribution >= 4 is 23.5 Å². The third-order valence-corrected chi connectivity index (χ3v) is 3.72. The lowest BCUT2D eigenvalue weighted by Gasteiger charge is -2.09. The van der Waals surface area contributed by atoms with Gasteiger partial charge in [-0.05, 0) is 42.3 Å². The molecular weight excluding hydrogens is 352 g/mol. The summed E-state index contributed by atoms with van der Waals surface area (Å²) in [6.45, 7) is 0.279. The van der Waals surface area contributed by atoms with Crippen molar-refractivity contribution in [3.63, 3.8) is 0 Å². The number of carbonyl (C=O) groups excluding carboxylic acids is 3. The van der Waals surface area contributed by atoms with Crippen LogP contribution in [0.1, 0.15) is 15.9 Å². The highest BCUT2D eigenvalue weighted by molar-refractivity contribution is 6.39. The molecule has 0 saturated carbocycles. The lowest BCUT2D eigenvalue weighted by atomic mass is 10.1. The molecule has 8 heteroatoms. The molecule has 0 aromatic heterocycles. The number of ether oxygens (including phenoxy) is 2. The SMILES string of the molecule is COC(=O)c1cc(NC(=O)C(=O)NCCc2ccc(OC)cc2)ccc1O. The van der Waals surface area contributed by atoms with Crippen LogP contribution in [0.2, 0.25) is 0 Å². The summed E-state index contributed by atoms with van der Waals surface area (Å²) in [5.41, 5.74) is 1.05. The van der Waals surface area contributed by atoms with E-state index in [4.69, 9.17) is 4.74 Å². The molecule has 0 aliphatic rings. The number of hydrogen-bond donors (Lipinski definition) is 3. The van der Waals surface area contributed by atoms with E-state index in [2.05, 4.69) is 15.4 Å². The Kier molecular flexibility index (Phi) is 6.76. The minimum Gasteiger partial charge on any atom is -0.507 e. The number of esters is 1. The Hall–Kier alpha value is -3.55. The highest BCUT2D eigenvalue weighted by atomic mass is 16.5. The van der Waals surface area contributed by atoms with Crippen molar-refractivity contribution in [1.82, 2.24) is 5.32 Å². The molecule has 0 atom stereocenters. The molecule has 2 aromatic rings. The van der Waals surface area contributed by atoms with E-state index in [-0.39, 0.29) is 23.5 Å². The van der Waals surface area contributed by atoms with Gasteiger partial charge < -0.3 is 25.2 Å². The van der Waals surface area contributed by atoms with E-state index in [1.165, 1.54) is 25.3 Å². The number of rotatable bonds is 6. The summed E-state index contributed by atoms with van der Waals surface area (Å²) in [7, 11) is 2.75. The van der Waals surface area contributed by atoms with Crippen LogP contribution >= 0.6 is 0 Å². The zero-order valence-electron chi connectivity index (χ0n) is 14.9. The fourth-order valence-electron chi connectivity index (χ4n) is 2.27. The lowest BCUT2D eigenvalue weighted by molar-refractivity contribution is -0.136. The Morgan fingerprint density at radius 3 is 2.33 bits per heavy atom. The van der Waals surface area contributed by atoms with Crippen molar-refractivity contribution in [3.8, 4) is 11.5 Å². The summed E-state index contributed by atoms with van der Waals surface area (Å²) >= 11 is 0. The van der Waals surface area contributed by atoms with Crippen molar-refractivity contribution in [1.29, 1.82) is 0 Å². The molecule has 0 spiro atoms. The van der Waals surface area contributed by atoms with E-state index in [0.29, 0.717) is 6.42 Å². The Morgan fingerprint density at radius 1 is 1.00 bits per heavy atom. The molecule has 0 aliphatic heterocycles. The highest BCUT2D eigenvalue weighted by Gasteiger charge is 2.16. The average Bonchev–Trinajstić information content (AvgIpc) is 2.69. The molecule has 0 unspecified atom stereocenters. The van der Waals surface area contributed by atoms with Crippen molar-refractivity contribution in [2.45, 2.75) is 6.42 Å². The Balaban J connectivity index is 1.88. The minimum absolute atomic E-state index is 0.116. The van der Waals surface area contributed by atoms with Crippen LogP contribution in [0, 0.1) is 0 Å². The first-order chi connectivity index (χ1) is 12.9. The number of aromatic hydroxyl groups is 1. The van der Waals surface area contributed by atoms with Gasteiger partial charge in [-0.3, -0.25) is 9.59 Å². The summed E-state index contributed by atoms with van der Waals surface area (Å²) < 4.78 is 9.61. The van der Waals surface area contributed by atoms with Crippen LogP contribution in [0.4, 0.5) is 5.69 Å². The molecule has 27 heavy (non-hydrogen) atoms. The van der Waals surface area contributed by atoms with Crippen molar-refractivity contribution < 1.29 is 29.0 Å². The molecule has 0 bridgehead atoms. The molecule has 2 aromatic carbocycles. The number of nitrogens with one attached hydrogen (secondary N) is 2. The first kappa shape index (κ1) is 19.8. The Morgan fingerprint density at radius 2 is 1.70 bits per heavy atom. The van der Waals surface area contributed by atoms with Gasteiger partial charge in [0.15, 0.2) is 0 Å². The quantitative estimate of drug-likeness (QED) is 0.402. The molecule has 2 rings (SSSR count). The normalized spacial score (nSPS) is 10.0. The second-order valence-corrected chi connectivity index (χ2v) is 5.53. The monoisotopic (exact) mass is 372 g/mol. The minimum atomic E-state index is -0.883. The summed E-state index contributed by atoms with van der Waals surface area (Å²) in [5, 5.41) is 14.5. The summed E-state index contributed by atoms with van der Waals surface area (Å²) in [4.78, 5) is 35.4. The molecule has 8 nitrogen and oxygen atoms in total. The maximum absolute atomic E-state index is 12.0. The van der Waals surface area contributed by atoms with Gasteiger partial charge in [-0.15, -0.1) is 0 Å². The number of benzene rings is 2. The van der Waals surface area contributed by atoms with E-state index in [9.17, 15) is 19.5 Å². The molecule has 142 valence electrons. The third-order valence-electron chi connectivity index (χ3n) is 3.72. The topological polar surface area (TPSA) is 114 Å². The molecule has 0 aliphatic carbocycles. The van der Waals surface area contributed by atoms with E-state index in [1.807, 2.05) is 24.3 Å². The van der Waals surface area contributed by atoms with Crippen LogP contribution in [-0.4, -0.2) is 43.7 Å². The zero-order chi connectivity index (χ0) is 19.8. The predicted molar refractivity (Wildman–Crippen MR) is 97.8 cm³/mol. The van der Waals surface area contributed by atoms with Crippen molar-refractivity contribution in [3.05, 3.63) is 53.6 Å². The first-order valence-electron chi connectivity index (χ1n) is 8.08. The van der Waals surface area contributed by atoms with Gasteiger partial charge in [0.25, 0.3) is 0 Å². The van der Waals surface area contributed by atoms with Crippen LogP contribution in [0.25, 0.3) is 0 Å². The number of methoxy groups -OCH3 is 2. The van der Waals surface area contributed by atoms with Crippen LogP contribution in [0.15, 0.2) is 42.5 Å². The molecular formula is C19H20N2O6. The average molecular weight is 372 g/mol. The number of anilines is 1. The van der Waals surface area contributed by atoms with E-state index in [0.717, 1.165) is 11.3 Å². The first-order valence-corrected chi connectivity index (χ1v) is 8.08. The fraction of sp³-hybridized carbons (Fsp3) is 0.211. The van der Waals surface area contributed by atoms with Crippen LogP contribution in [-0.2, 0) is 20.7 Å². The highest BCUT2D eigenvalue weighted by Crippen LogP contribution is 2.22. The van der Waals surface area contributed by atoms with Gasteiger partial charge in [-0.25, -0.2) is 4.79 Å². The molecule has 0 radical (unpaired) electrons. The lowest BCUT2D eigenvalue weighted by Crippen LogP contribution is -2.36. The zero-order valence-corrected chi connectivity index (χ0v) is 14.9. The number of phenolic OH excluding ortho intramolecular Hbond substituents is 1. The van der Waals surface area contributed by atoms with Crippen molar-refractivity contribution in [2.24, 2.45) is 0 Å². The predicted octanol–water partition coefficient (Wildman–Crippen LogP) is 1.48. The van der Waals surface area contributed by atoms with Crippen LogP contribution < -0.4 is 15.4 Å². The summed E-state index contributed by atoms with van der Waals surface area (Å²) in [6.07, 6.45) is 0.550. The molecule has 2 amide bonds. The van der Waals surface area contributed by atoms with E-state index >= 15 is 0 Å². The Bertz CT molecular complexity index is 833. The largest absolute Gasteiger partial charge is 0.507 e. The number of amides is 2. The molecule has 3 N–H and O–H groups in total. The van der Waals surface area contributed by atoms with Gasteiger partial charge in [0.2, 0.25) is 0 Å². The van der Waals surface area contributed by atoms with Gasteiger partial charge in [-0.1, -0.05) is 12.1 Å². The van der Waals surface area contributed by atoms with Crippen LogP contribution in [0.3, 0.4) is 0 Å². The number of phenols is 1. The van der Waals surface area contributed by atoms with Gasteiger partial charge in [-0.2, -0.15) is 0 Å². The van der Waals surface area contributed by atoms with Gasteiger partial charge in [0.05, 0.1) is 14.2 Å². The second-order valence-electron chi connectivity index (χ2n) is 5.53. The van der Waals surface area contributed by atoms with Gasteiger partial charge in [0.1, 0.15) is 17.1 Å². The number of hydrogen-bond acceptors (Lipinski definition) is 6. The van der Waals surface area contributed by atoms with E-state index < -0.39 is 17.8 Å². The standard InChI is InChI=1S/C19H20N2O6/c1-26-14-6-3-12(4-7-14)9-10-20-17(23)18(24)21-13-5-8-16(22)15(11-13)19(25)27-2/h3-8,11,22H,9-10H2,1-2H3,(H,20,23)(H,21,24). The maximum Gasteiger partial charge on any atom is 0.341 e. The third kappa shape index (κ3) is 5.46. The van der Waals surface area contributed by atoms with Gasteiger partial charge in [0, 0.05) is 12.2 Å². The van der Waals surface area contributed by atoms with E-state index in [1.54, 1.807) is 7.11 Å². The second kappa shape index (κ2) is 9.23. The smallest absolute Gasteiger partial charge is 0.341 e. The molecule has 0 saturated heterocycles. The van der Waals surface area contributed by atoms with Crippen molar-refractivity contribution in [2.75, 3.05) is 26.1 Å². The van der Waals surface area contributed by atoms with Crippen LogP contribution in [0.5, 0.6) is 11.5 Å². The fourth-order valence-corrected chi connectivity index (χ4v) is 2.27. The summed E-state index contributed by atoms with van der Waals surface area (Å²) in [5.74, 6) is -2.00. The maximum atomic E-state index is 12.0. The molecule has 0 heterocycles. The summed E-state index contributed by atoms with van der Waals surface area (Å²) in [6, 6.07) is 11.2. The van der Waals surface area contributed by atoms with Gasteiger partial charge >= 0.3 is 17.8 Å². The molecule has 0 fully saturated rings. The number of carbonyl (C=O) groups is 3.